The molecule has 0 aromatic heterocycles. The Kier molecular flexibility index (Phi) is 10.0. The van der Waals surface area contributed by atoms with Gasteiger partial charge in [0.15, 0.2) is 23.7 Å². The lowest BCUT2D eigenvalue weighted by atomic mass is 9.78. The molecule has 1 heterocycles. The summed E-state index contributed by atoms with van der Waals surface area (Å²) in [4.78, 5) is 0. The summed E-state index contributed by atoms with van der Waals surface area (Å²) in [5.41, 5.74) is 0.920. The van der Waals surface area contributed by atoms with E-state index < -0.39 is 40.7 Å². The fourth-order valence-electron chi connectivity index (χ4n) is 6.07. The van der Waals surface area contributed by atoms with Crippen molar-refractivity contribution in [3.63, 3.8) is 0 Å². The minimum absolute atomic E-state index is 0.166. The van der Waals surface area contributed by atoms with Gasteiger partial charge in [-0.3, -0.25) is 0 Å². The van der Waals surface area contributed by atoms with Gasteiger partial charge in [-0.1, -0.05) is 50.5 Å². The zero-order valence-electron chi connectivity index (χ0n) is 24.1. The van der Waals surface area contributed by atoms with Crippen LogP contribution in [0, 0.1) is 35.1 Å². The summed E-state index contributed by atoms with van der Waals surface area (Å²) in [5, 5.41) is 0. The van der Waals surface area contributed by atoms with Gasteiger partial charge in [0.25, 0.3) is 0 Å². The smallest absolute Gasteiger partial charge is 0.426 e. The monoisotopic (exact) mass is 606 g/mol. The number of rotatable bonds is 10. The molecule has 43 heavy (non-hydrogen) atoms. The van der Waals surface area contributed by atoms with Crippen LogP contribution in [-0.4, -0.2) is 19.5 Å². The molecule has 0 N–H and O–H groups in total. The van der Waals surface area contributed by atoms with Gasteiger partial charge in [0.2, 0.25) is 0 Å². The Hall–Kier alpha value is -3.04. The minimum atomic E-state index is -3.97. The van der Waals surface area contributed by atoms with E-state index in [4.69, 9.17) is 9.47 Å². The molecule has 1 aliphatic heterocycles. The lowest BCUT2D eigenvalue weighted by Crippen LogP contribution is -2.38. The van der Waals surface area contributed by atoms with E-state index in [9.17, 15) is 22.0 Å². The lowest BCUT2D eigenvalue weighted by Gasteiger charge is -2.37. The molecule has 0 unspecified atom stereocenters. The van der Waals surface area contributed by atoms with E-state index in [-0.39, 0.29) is 17.8 Å². The molecule has 3 aromatic carbocycles. The highest BCUT2D eigenvalue weighted by atomic mass is 19.3. The molecule has 3 nitrogen and oxygen atoms in total. The van der Waals surface area contributed by atoms with E-state index in [1.807, 2.05) is 6.07 Å². The molecular weight excluding hydrogens is 570 g/mol. The Balaban J connectivity index is 1.16. The molecule has 1 aliphatic carbocycles. The summed E-state index contributed by atoms with van der Waals surface area (Å²) >= 11 is 0. The molecule has 1 saturated heterocycles. The summed E-state index contributed by atoms with van der Waals surface area (Å²) in [6, 6.07) is 10.4. The molecule has 0 bridgehead atoms. The van der Waals surface area contributed by atoms with Crippen LogP contribution >= 0.6 is 0 Å². The summed E-state index contributed by atoms with van der Waals surface area (Å²) in [5.74, 6) is -5.39. The van der Waals surface area contributed by atoms with Crippen LogP contribution in [0.1, 0.15) is 75.3 Å². The molecular formula is C34H36F6O3. The van der Waals surface area contributed by atoms with Crippen molar-refractivity contribution in [3.8, 4) is 16.9 Å². The van der Waals surface area contributed by atoms with Crippen LogP contribution in [0.25, 0.3) is 11.1 Å². The first kappa shape index (κ1) is 31.4. The average molecular weight is 607 g/mol. The maximum atomic E-state index is 15.2. The summed E-state index contributed by atoms with van der Waals surface area (Å²) < 4.78 is 101. The average Bonchev–Trinajstić information content (AvgIpc) is 3.00. The molecule has 2 fully saturated rings. The predicted molar refractivity (Wildman–Crippen MR) is 151 cm³/mol. The first-order chi connectivity index (χ1) is 20.6. The summed E-state index contributed by atoms with van der Waals surface area (Å²) in [6.45, 7) is 3.70. The van der Waals surface area contributed by atoms with Crippen molar-refractivity contribution in [2.45, 2.75) is 76.6 Å². The number of hydrogen-bond acceptors (Lipinski definition) is 3. The van der Waals surface area contributed by atoms with Crippen LogP contribution in [0.3, 0.4) is 0 Å². The molecule has 3 aromatic rings. The highest BCUT2D eigenvalue weighted by Gasteiger charge is 2.36. The number of alkyl halides is 2. The van der Waals surface area contributed by atoms with E-state index in [1.54, 1.807) is 6.07 Å². The highest BCUT2D eigenvalue weighted by Crippen LogP contribution is 2.40. The Morgan fingerprint density at radius 3 is 2.05 bits per heavy atom. The van der Waals surface area contributed by atoms with Gasteiger partial charge in [0.05, 0.1) is 18.8 Å². The normalized spacial score (nSPS) is 22.9. The van der Waals surface area contributed by atoms with Crippen molar-refractivity contribution < 1.29 is 40.6 Å². The molecule has 0 atom stereocenters. The molecule has 2 aliphatic rings. The van der Waals surface area contributed by atoms with Crippen molar-refractivity contribution in [2.24, 2.45) is 11.8 Å². The second kappa shape index (κ2) is 13.7. The molecule has 9 heteroatoms. The van der Waals surface area contributed by atoms with Crippen molar-refractivity contribution >= 4 is 0 Å². The topological polar surface area (TPSA) is 27.7 Å². The fraction of sp³-hybridized carbons (Fsp3) is 0.471. The van der Waals surface area contributed by atoms with Gasteiger partial charge in [-0.2, -0.15) is 8.78 Å². The van der Waals surface area contributed by atoms with Gasteiger partial charge in [-0.15, -0.1) is 0 Å². The van der Waals surface area contributed by atoms with Gasteiger partial charge >= 0.3 is 6.11 Å². The predicted octanol–water partition coefficient (Wildman–Crippen LogP) is 9.88. The van der Waals surface area contributed by atoms with Crippen LogP contribution in [-0.2, 0) is 15.6 Å². The van der Waals surface area contributed by atoms with Crippen molar-refractivity contribution in [1.29, 1.82) is 0 Å². The van der Waals surface area contributed by atoms with Gasteiger partial charge in [-0.05, 0) is 67.3 Å². The standard InChI is InChI=1S/C34H36F6O3/c1-2-3-4-5-21-19-41-33(42-20-21)24-8-6-22(7-9-24)25-12-15-28(29(35)16-25)23-10-13-26(14-11-23)34(39,40)43-27-17-30(36)32(38)31(37)18-27/h10-18,21-22,24,33H,2-9,19-20H2,1H3. The number of benzene rings is 3. The third kappa shape index (κ3) is 7.55. The highest BCUT2D eigenvalue weighted by molar-refractivity contribution is 5.65. The Morgan fingerprint density at radius 2 is 1.44 bits per heavy atom. The summed E-state index contributed by atoms with van der Waals surface area (Å²) in [7, 11) is 0. The Bertz CT molecular complexity index is 1340. The van der Waals surface area contributed by atoms with Gasteiger partial charge in [-0.25, -0.2) is 17.6 Å². The van der Waals surface area contributed by atoms with Crippen LogP contribution < -0.4 is 4.74 Å². The number of hydrogen-bond donors (Lipinski definition) is 0. The van der Waals surface area contributed by atoms with Crippen molar-refractivity contribution in [1.82, 2.24) is 0 Å². The molecule has 0 radical (unpaired) electrons. The fourth-order valence-corrected chi connectivity index (χ4v) is 6.07. The molecule has 5 rings (SSSR count). The number of ether oxygens (including phenoxy) is 3. The van der Waals surface area contributed by atoms with Crippen LogP contribution in [0.2, 0.25) is 0 Å². The number of halogens is 6. The van der Waals surface area contributed by atoms with Crippen molar-refractivity contribution in [2.75, 3.05) is 13.2 Å². The third-order valence-corrected chi connectivity index (χ3v) is 8.56. The van der Waals surface area contributed by atoms with E-state index in [1.165, 1.54) is 37.5 Å². The molecule has 1 saturated carbocycles. The van der Waals surface area contributed by atoms with E-state index in [0.717, 1.165) is 63.0 Å². The van der Waals surface area contributed by atoms with Crippen LogP contribution in [0.4, 0.5) is 26.3 Å². The van der Waals surface area contributed by atoms with Crippen LogP contribution in [0.15, 0.2) is 54.6 Å². The van der Waals surface area contributed by atoms with E-state index in [2.05, 4.69) is 11.7 Å². The second-order valence-corrected chi connectivity index (χ2v) is 11.6. The van der Waals surface area contributed by atoms with E-state index in [0.29, 0.717) is 29.5 Å². The first-order valence-corrected chi connectivity index (χ1v) is 15.0. The first-order valence-electron chi connectivity index (χ1n) is 15.0. The number of unbranched alkanes of at least 4 members (excludes halogenated alkanes) is 2. The zero-order valence-corrected chi connectivity index (χ0v) is 24.1. The largest absolute Gasteiger partial charge is 0.429 e. The Labute approximate surface area is 248 Å². The molecule has 232 valence electrons. The molecule has 0 amide bonds. The zero-order chi connectivity index (χ0) is 30.6. The van der Waals surface area contributed by atoms with Gasteiger partial charge < -0.3 is 14.2 Å². The minimum Gasteiger partial charge on any atom is -0.429 e. The quantitative estimate of drug-likeness (QED) is 0.131. The Morgan fingerprint density at radius 1 is 0.791 bits per heavy atom. The second-order valence-electron chi connectivity index (χ2n) is 11.6. The molecule has 0 spiro atoms. The van der Waals surface area contributed by atoms with Gasteiger partial charge in [0, 0.05) is 29.5 Å². The van der Waals surface area contributed by atoms with Gasteiger partial charge in [0.1, 0.15) is 11.6 Å². The lowest BCUT2D eigenvalue weighted by molar-refractivity contribution is -0.229. The summed E-state index contributed by atoms with van der Waals surface area (Å²) in [6.07, 6.45) is 4.33. The SMILES string of the molecule is CCCCCC1COC(C2CCC(c3ccc(-c4ccc(C(F)(F)Oc5cc(F)c(F)c(F)c5)cc4)c(F)c3)CC2)OC1. The van der Waals surface area contributed by atoms with Crippen molar-refractivity contribution in [3.05, 3.63) is 89.0 Å². The maximum absolute atomic E-state index is 15.2. The van der Waals surface area contributed by atoms with E-state index >= 15 is 4.39 Å². The third-order valence-electron chi connectivity index (χ3n) is 8.56. The van der Waals surface area contributed by atoms with Crippen LogP contribution in [0.5, 0.6) is 5.75 Å². The maximum Gasteiger partial charge on any atom is 0.426 e.